The van der Waals surface area contributed by atoms with Crippen molar-refractivity contribution in [1.82, 2.24) is 10.3 Å². The molecule has 1 saturated carbocycles. The number of hydrogen-bond donors (Lipinski definition) is 3. The molecule has 2 atom stereocenters. The van der Waals surface area contributed by atoms with Gasteiger partial charge in [-0.15, -0.1) is 0 Å². The zero-order valence-electron chi connectivity index (χ0n) is 11.6. The van der Waals surface area contributed by atoms with E-state index >= 15 is 0 Å². The highest BCUT2D eigenvalue weighted by Crippen LogP contribution is 2.37. The van der Waals surface area contributed by atoms with Crippen LogP contribution in [-0.2, 0) is 0 Å². The van der Waals surface area contributed by atoms with Gasteiger partial charge in [-0.2, -0.15) is 0 Å². The van der Waals surface area contributed by atoms with Crippen molar-refractivity contribution in [3.8, 4) is 0 Å². The lowest BCUT2D eigenvalue weighted by molar-refractivity contribution is 0.0832. The summed E-state index contributed by atoms with van der Waals surface area (Å²) < 4.78 is 0. The molecular weight excluding hydrogens is 252 g/mol. The van der Waals surface area contributed by atoms with Gasteiger partial charge in [0.1, 0.15) is 0 Å². The maximum absolute atomic E-state index is 12.5. The topological polar surface area (TPSA) is 65.1 Å². The van der Waals surface area contributed by atoms with Gasteiger partial charge in [-0.1, -0.05) is 19.4 Å². The van der Waals surface area contributed by atoms with Gasteiger partial charge in [-0.3, -0.25) is 4.79 Å². The number of carbonyl (C=O) groups excluding carboxylic acids is 1. The Hall–Kier alpha value is -1.81. The van der Waals surface area contributed by atoms with Crippen LogP contribution in [0.4, 0.5) is 0 Å². The maximum Gasteiger partial charge on any atom is 0.252 e. The van der Waals surface area contributed by atoms with E-state index in [0.29, 0.717) is 5.56 Å². The van der Waals surface area contributed by atoms with Crippen molar-refractivity contribution >= 4 is 16.8 Å². The van der Waals surface area contributed by atoms with Gasteiger partial charge < -0.3 is 15.4 Å². The van der Waals surface area contributed by atoms with Crippen molar-refractivity contribution in [2.24, 2.45) is 5.41 Å². The van der Waals surface area contributed by atoms with Crippen LogP contribution in [-0.4, -0.2) is 28.6 Å². The molecule has 0 aliphatic heterocycles. The summed E-state index contributed by atoms with van der Waals surface area (Å²) in [4.78, 5) is 15.6. The molecule has 20 heavy (non-hydrogen) atoms. The predicted octanol–water partition coefficient (Wildman–Crippen LogP) is 2.45. The van der Waals surface area contributed by atoms with Crippen LogP contribution in [0, 0.1) is 5.41 Å². The van der Waals surface area contributed by atoms with E-state index in [-0.39, 0.29) is 24.0 Å². The lowest BCUT2D eigenvalue weighted by Gasteiger charge is -2.30. The molecule has 1 heterocycles. The first-order valence-electron chi connectivity index (χ1n) is 7.12. The molecule has 4 heteroatoms. The Morgan fingerprint density at radius 2 is 2.35 bits per heavy atom. The van der Waals surface area contributed by atoms with Gasteiger partial charge in [0, 0.05) is 34.1 Å². The normalized spacial score (nSPS) is 26.0. The van der Waals surface area contributed by atoms with Crippen molar-refractivity contribution in [2.45, 2.75) is 32.2 Å². The molecule has 0 saturated heterocycles. The molecule has 1 aliphatic carbocycles. The van der Waals surface area contributed by atoms with Crippen LogP contribution in [0.5, 0.6) is 0 Å². The lowest BCUT2D eigenvalue weighted by Crippen LogP contribution is -2.44. The van der Waals surface area contributed by atoms with Gasteiger partial charge in [-0.05, 0) is 31.0 Å². The Bertz CT molecular complexity index is 634. The maximum atomic E-state index is 12.5. The highest BCUT2D eigenvalue weighted by molar-refractivity contribution is 6.06. The molecule has 1 amide bonds. The van der Waals surface area contributed by atoms with Gasteiger partial charge in [-0.25, -0.2) is 0 Å². The molecule has 4 nitrogen and oxygen atoms in total. The van der Waals surface area contributed by atoms with E-state index in [1.807, 2.05) is 37.4 Å². The average molecular weight is 272 g/mol. The summed E-state index contributed by atoms with van der Waals surface area (Å²) in [6.45, 7) is 2.16. The molecule has 2 aromatic rings. The molecule has 3 N–H and O–H groups in total. The fraction of sp³-hybridized carbons (Fsp3) is 0.438. The van der Waals surface area contributed by atoms with Gasteiger partial charge >= 0.3 is 0 Å². The Labute approximate surface area is 118 Å². The predicted molar refractivity (Wildman–Crippen MR) is 78.6 cm³/mol. The molecule has 106 valence electrons. The number of rotatable bonds is 3. The number of H-pyrrole nitrogens is 1. The second kappa shape index (κ2) is 4.94. The molecular formula is C16H20N2O2. The van der Waals surface area contributed by atoms with Crippen LogP contribution in [0.3, 0.4) is 0 Å². The van der Waals surface area contributed by atoms with Crippen LogP contribution >= 0.6 is 0 Å². The minimum Gasteiger partial charge on any atom is -0.396 e. The number of aliphatic hydroxyl groups is 1. The van der Waals surface area contributed by atoms with Crippen LogP contribution in [0.15, 0.2) is 30.5 Å². The van der Waals surface area contributed by atoms with Crippen molar-refractivity contribution in [3.63, 3.8) is 0 Å². The van der Waals surface area contributed by atoms with Gasteiger partial charge in [0.15, 0.2) is 0 Å². The Morgan fingerprint density at radius 3 is 3.15 bits per heavy atom. The molecule has 1 aromatic heterocycles. The zero-order valence-corrected chi connectivity index (χ0v) is 11.6. The third kappa shape index (κ3) is 2.10. The second-order valence-electron chi connectivity index (χ2n) is 5.97. The minimum absolute atomic E-state index is 0.0502. The van der Waals surface area contributed by atoms with Crippen molar-refractivity contribution in [3.05, 3.63) is 36.0 Å². The lowest BCUT2D eigenvalue weighted by atomic mass is 9.85. The SMILES string of the molecule is CC1(CO)CCCC1NC(=O)c1cccc2[nH]ccc12. The van der Waals surface area contributed by atoms with Crippen LogP contribution in [0.25, 0.3) is 10.9 Å². The number of hydrogen-bond acceptors (Lipinski definition) is 2. The minimum atomic E-state index is -0.193. The summed E-state index contributed by atoms with van der Waals surface area (Å²) in [5.41, 5.74) is 1.46. The van der Waals surface area contributed by atoms with E-state index in [2.05, 4.69) is 10.3 Å². The zero-order chi connectivity index (χ0) is 14.2. The number of aliphatic hydroxyl groups excluding tert-OH is 1. The van der Waals surface area contributed by atoms with Crippen LogP contribution < -0.4 is 5.32 Å². The Kier molecular flexibility index (Phi) is 3.26. The smallest absolute Gasteiger partial charge is 0.252 e. The number of nitrogens with one attached hydrogen (secondary N) is 2. The first-order valence-corrected chi connectivity index (χ1v) is 7.12. The van der Waals surface area contributed by atoms with E-state index in [1.165, 1.54) is 0 Å². The standard InChI is InChI=1S/C16H20N2O2/c1-16(10-19)8-3-6-14(16)18-15(20)12-4-2-5-13-11(12)7-9-17-13/h2,4-5,7,9,14,17,19H,3,6,8,10H2,1H3,(H,18,20). The van der Waals surface area contributed by atoms with Crippen molar-refractivity contribution in [1.29, 1.82) is 0 Å². The number of aromatic amines is 1. The molecule has 0 spiro atoms. The van der Waals surface area contributed by atoms with Crippen molar-refractivity contribution in [2.75, 3.05) is 6.61 Å². The highest BCUT2D eigenvalue weighted by Gasteiger charge is 2.39. The average Bonchev–Trinajstić information content (AvgIpc) is 3.06. The van der Waals surface area contributed by atoms with E-state index in [0.717, 1.165) is 30.2 Å². The summed E-state index contributed by atoms with van der Waals surface area (Å²) >= 11 is 0. The summed E-state index contributed by atoms with van der Waals surface area (Å²) in [5, 5.41) is 13.6. The molecule has 0 radical (unpaired) electrons. The number of aromatic nitrogens is 1. The Balaban J connectivity index is 1.85. The van der Waals surface area contributed by atoms with E-state index in [4.69, 9.17) is 0 Å². The van der Waals surface area contributed by atoms with Gasteiger partial charge in [0.05, 0.1) is 6.61 Å². The van der Waals surface area contributed by atoms with Gasteiger partial charge in [0.2, 0.25) is 0 Å². The molecule has 1 aliphatic rings. The molecule has 0 bridgehead atoms. The largest absolute Gasteiger partial charge is 0.396 e. The molecule has 2 unspecified atom stereocenters. The van der Waals surface area contributed by atoms with E-state index < -0.39 is 0 Å². The second-order valence-corrected chi connectivity index (χ2v) is 5.97. The van der Waals surface area contributed by atoms with Crippen molar-refractivity contribution < 1.29 is 9.90 Å². The van der Waals surface area contributed by atoms with E-state index in [9.17, 15) is 9.90 Å². The summed E-state index contributed by atoms with van der Waals surface area (Å²) in [6, 6.07) is 7.66. The first kappa shape index (κ1) is 13.2. The fourth-order valence-electron chi connectivity index (χ4n) is 3.19. The number of carbonyl (C=O) groups is 1. The molecule has 3 rings (SSSR count). The quantitative estimate of drug-likeness (QED) is 0.803. The highest BCUT2D eigenvalue weighted by atomic mass is 16.3. The van der Waals surface area contributed by atoms with Crippen LogP contribution in [0.2, 0.25) is 0 Å². The fourth-order valence-corrected chi connectivity index (χ4v) is 3.19. The number of fused-ring (bicyclic) bond motifs is 1. The number of amides is 1. The van der Waals surface area contributed by atoms with Crippen LogP contribution in [0.1, 0.15) is 36.5 Å². The summed E-state index contributed by atoms with van der Waals surface area (Å²) in [5.74, 6) is -0.0539. The summed E-state index contributed by atoms with van der Waals surface area (Å²) in [7, 11) is 0. The van der Waals surface area contributed by atoms with Gasteiger partial charge in [0.25, 0.3) is 5.91 Å². The first-order chi connectivity index (χ1) is 9.64. The third-order valence-corrected chi connectivity index (χ3v) is 4.59. The Morgan fingerprint density at radius 1 is 1.50 bits per heavy atom. The monoisotopic (exact) mass is 272 g/mol. The number of benzene rings is 1. The molecule has 1 aromatic carbocycles. The third-order valence-electron chi connectivity index (χ3n) is 4.59. The summed E-state index contributed by atoms with van der Waals surface area (Å²) in [6.07, 6.45) is 4.79. The molecule has 1 fully saturated rings. The van der Waals surface area contributed by atoms with E-state index in [1.54, 1.807) is 0 Å².